The Morgan fingerprint density at radius 3 is 2.67 bits per heavy atom. The topological polar surface area (TPSA) is 38.3 Å². The van der Waals surface area contributed by atoms with Gasteiger partial charge in [0.2, 0.25) is 0 Å². The molecule has 0 saturated carbocycles. The Morgan fingerprint density at radius 1 is 1.24 bits per heavy atom. The van der Waals surface area contributed by atoms with Crippen LogP contribution in [0.2, 0.25) is 10.0 Å². The zero-order valence-electron chi connectivity index (χ0n) is 11.1. The molecule has 0 atom stereocenters. The number of rotatable bonds is 4. The molecule has 2 aromatic carbocycles. The van der Waals surface area contributed by atoms with E-state index in [2.05, 4.69) is 21.2 Å². The van der Waals surface area contributed by atoms with Gasteiger partial charge in [-0.15, -0.1) is 0 Å². The van der Waals surface area contributed by atoms with Gasteiger partial charge in [-0.3, -0.25) is 4.79 Å². The van der Waals surface area contributed by atoms with E-state index in [-0.39, 0.29) is 12.5 Å². The fourth-order valence-electron chi connectivity index (χ4n) is 1.64. The standard InChI is InChI=1S/C15H12BrCl2NO2/c1-9-2-5-14(11(16)6-9)21-8-15(20)19-13-4-3-10(17)7-12(13)18/h2-7H,8H2,1H3,(H,19,20). The maximum Gasteiger partial charge on any atom is 0.262 e. The number of hydrogen-bond donors (Lipinski definition) is 1. The van der Waals surface area contributed by atoms with Gasteiger partial charge in [0, 0.05) is 5.02 Å². The van der Waals surface area contributed by atoms with Gasteiger partial charge in [-0.05, 0) is 58.7 Å². The minimum atomic E-state index is -0.299. The predicted molar refractivity (Wildman–Crippen MR) is 89.5 cm³/mol. The zero-order chi connectivity index (χ0) is 15.4. The number of benzene rings is 2. The summed E-state index contributed by atoms with van der Waals surface area (Å²) in [4.78, 5) is 11.9. The van der Waals surface area contributed by atoms with Crippen LogP contribution < -0.4 is 10.1 Å². The second kappa shape index (κ2) is 7.16. The minimum Gasteiger partial charge on any atom is -0.483 e. The fourth-order valence-corrected chi connectivity index (χ4v) is 2.71. The van der Waals surface area contributed by atoms with E-state index in [0.717, 1.165) is 10.0 Å². The van der Waals surface area contributed by atoms with Crippen molar-refractivity contribution < 1.29 is 9.53 Å². The van der Waals surface area contributed by atoms with E-state index in [1.165, 1.54) is 0 Å². The molecule has 0 fully saturated rings. The molecule has 6 heteroatoms. The molecule has 0 aliphatic carbocycles. The number of ether oxygens (including phenoxy) is 1. The fraction of sp³-hybridized carbons (Fsp3) is 0.133. The third-order valence-corrected chi connectivity index (χ3v) is 3.82. The van der Waals surface area contributed by atoms with E-state index in [1.807, 2.05) is 25.1 Å². The summed E-state index contributed by atoms with van der Waals surface area (Å²) in [6, 6.07) is 10.5. The highest BCUT2D eigenvalue weighted by Gasteiger charge is 2.08. The lowest BCUT2D eigenvalue weighted by Crippen LogP contribution is -2.20. The quantitative estimate of drug-likeness (QED) is 0.792. The molecular weight excluding hydrogens is 377 g/mol. The van der Waals surface area contributed by atoms with Gasteiger partial charge in [0.25, 0.3) is 5.91 Å². The molecule has 2 rings (SSSR count). The van der Waals surface area contributed by atoms with Gasteiger partial charge in [0.05, 0.1) is 15.2 Å². The molecular formula is C15H12BrCl2NO2. The second-order valence-electron chi connectivity index (χ2n) is 4.39. The van der Waals surface area contributed by atoms with E-state index < -0.39 is 0 Å². The Morgan fingerprint density at radius 2 is 2.00 bits per heavy atom. The van der Waals surface area contributed by atoms with Crippen LogP contribution in [0.5, 0.6) is 5.75 Å². The number of anilines is 1. The Kier molecular flexibility index (Phi) is 5.51. The van der Waals surface area contributed by atoms with Gasteiger partial charge in [0.1, 0.15) is 5.75 Å². The third-order valence-electron chi connectivity index (χ3n) is 2.65. The van der Waals surface area contributed by atoms with Crippen molar-refractivity contribution in [3.63, 3.8) is 0 Å². The van der Waals surface area contributed by atoms with E-state index in [0.29, 0.717) is 21.5 Å². The summed E-state index contributed by atoms with van der Waals surface area (Å²) in [6.07, 6.45) is 0. The number of carbonyl (C=O) groups is 1. The first kappa shape index (κ1) is 16.1. The number of hydrogen-bond acceptors (Lipinski definition) is 2. The van der Waals surface area contributed by atoms with Crippen molar-refractivity contribution in [3.05, 3.63) is 56.5 Å². The van der Waals surface area contributed by atoms with Crippen molar-refractivity contribution in [2.45, 2.75) is 6.92 Å². The van der Waals surface area contributed by atoms with Crippen LogP contribution in [0.15, 0.2) is 40.9 Å². The van der Waals surface area contributed by atoms with Gasteiger partial charge in [-0.25, -0.2) is 0 Å². The lowest BCUT2D eigenvalue weighted by Gasteiger charge is -2.10. The first-order valence-corrected chi connectivity index (χ1v) is 7.64. The van der Waals surface area contributed by atoms with Gasteiger partial charge in [-0.2, -0.15) is 0 Å². The summed E-state index contributed by atoms with van der Waals surface area (Å²) in [5.41, 5.74) is 1.60. The van der Waals surface area contributed by atoms with E-state index >= 15 is 0 Å². The normalized spacial score (nSPS) is 10.3. The van der Waals surface area contributed by atoms with E-state index in [4.69, 9.17) is 27.9 Å². The first-order chi connectivity index (χ1) is 9.95. The van der Waals surface area contributed by atoms with Crippen LogP contribution in [0.3, 0.4) is 0 Å². The molecule has 1 amide bonds. The lowest BCUT2D eigenvalue weighted by molar-refractivity contribution is -0.118. The Labute approximate surface area is 141 Å². The van der Waals surface area contributed by atoms with Gasteiger partial charge in [0.15, 0.2) is 6.61 Å². The molecule has 0 aliphatic rings. The molecule has 2 aromatic rings. The highest BCUT2D eigenvalue weighted by molar-refractivity contribution is 9.10. The van der Waals surface area contributed by atoms with Crippen molar-refractivity contribution in [2.75, 3.05) is 11.9 Å². The number of aryl methyl sites for hydroxylation is 1. The molecule has 1 N–H and O–H groups in total. The minimum absolute atomic E-state index is 0.110. The van der Waals surface area contributed by atoms with Crippen LogP contribution in [-0.4, -0.2) is 12.5 Å². The number of nitrogens with one attached hydrogen (secondary N) is 1. The Bertz CT molecular complexity index is 677. The summed E-state index contributed by atoms with van der Waals surface area (Å²) in [5, 5.41) is 3.56. The molecule has 0 unspecified atom stereocenters. The predicted octanol–water partition coefficient (Wildman–Crippen LogP) is 5.08. The lowest BCUT2D eigenvalue weighted by atomic mass is 10.2. The number of amides is 1. The second-order valence-corrected chi connectivity index (χ2v) is 6.09. The summed E-state index contributed by atoms with van der Waals surface area (Å²) >= 11 is 15.2. The molecule has 0 spiro atoms. The van der Waals surface area contributed by atoms with E-state index in [1.54, 1.807) is 18.2 Å². The maximum absolute atomic E-state index is 11.9. The highest BCUT2D eigenvalue weighted by atomic mass is 79.9. The van der Waals surface area contributed by atoms with Gasteiger partial charge < -0.3 is 10.1 Å². The van der Waals surface area contributed by atoms with Crippen molar-refractivity contribution in [2.24, 2.45) is 0 Å². The molecule has 0 aliphatic heterocycles. The first-order valence-electron chi connectivity index (χ1n) is 6.09. The molecule has 3 nitrogen and oxygen atoms in total. The monoisotopic (exact) mass is 387 g/mol. The molecule has 110 valence electrons. The molecule has 21 heavy (non-hydrogen) atoms. The SMILES string of the molecule is Cc1ccc(OCC(=O)Nc2ccc(Cl)cc2Cl)c(Br)c1. The molecule has 0 aromatic heterocycles. The highest BCUT2D eigenvalue weighted by Crippen LogP contribution is 2.27. The summed E-state index contributed by atoms with van der Waals surface area (Å²) in [5.74, 6) is 0.310. The summed E-state index contributed by atoms with van der Waals surface area (Å²) in [7, 11) is 0. The van der Waals surface area contributed by atoms with Crippen LogP contribution in [0, 0.1) is 6.92 Å². The van der Waals surface area contributed by atoms with Crippen molar-refractivity contribution >= 4 is 50.7 Å². The number of halogens is 3. The Balaban J connectivity index is 1.96. The molecule has 0 bridgehead atoms. The molecule has 0 heterocycles. The average Bonchev–Trinajstić information content (AvgIpc) is 2.41. The van der Waals surface area contributed by atoms with Crippen molar-refractivity contribution in [3.8, 4) is 5.75 Å². The average molecular weight is 389 g/mol. The smallest absolute Gasteiger partial charge is 0.262 e. The third kappa shape index (κ3) is 4.63. The molecule has 0 radical (unpaired) electrons. The largest absolute Gasteiger partial charge is 0.483 e. The zero-order valence-corrected chi connectivity index (χ0v) is 14.2. The molecule has 0 saturated heterocycles. The van der Waals surface area contributed by atoms with Gasteiger partial charge in [-0.1, -0.05) is 29.3 Å². The number of carbonyl (C=O) groups excluding carboxylic acids is 1. The van der Waals surface area contributed by atoms with Crippen LogP contribution in [0.4, 0.5) is 5.69 Å². The van der Waals surface area contributed by atoms with Crippen LogP contribution in [0.1, 0.15) is 5.56 Å². The van der Waals surface area contributed by atoms with E-state index in [9.17, 15) is 4.79 Å². The maximum atomic E-state index is 11.9. The van der Waals surface area contributed by atoms with Crippen molar-refractivity contribution in [1.29, 1.82) is 0 Å². The van der Waals surface area contributed by atoms with Crippen LogP contribution >= 0.6 is 39.1 Å². The van der Waals surface area contributed by atoms with Gasteiger partial charge >= 0.3 is 0 Å². The van der Waals surface area contributed by atoms with Crippen LogP contribution in [0.25, 0.3) is 0 Å². The van der Waals surface area contributed by atoms with Crippen molar-refractivity contribution in [1.82, 2.24) is 0 Å². The summed E-state index contributed by atoms with van der Waals surface area (Å²) < 4.78 is 6.27. The summed E-state index contributed by atoms with van der Waals surface area (Å²) in [6.45, 7) is 1.87. The Hall–Kier alpha value is -1.23. The van der Waals surface area contributed by atoms with Crippen LogP contribution in [-0.2, 0) is 4.79 Å².